The van der Waals surface area contributed by atoms with Gasteiger partial charge in [0.2, 0.25) is 0 Å². The third-order valence-electron chi connectivity index (χ3n) is 5.04. The van der Waals surface area contributed by atoms with Crippen molar-refractivity contribution >= 4 is 0 Å². The van der Waals surface area contributed by atoms with Crippen LogP contribution < -0.4 is 10.1 Å². The molecule has 1 aromatic carbocycles. The zero-order valence-corrected chi connectivity index (χ0v) is 14.3. The fourth-order valence-corrected chi connectivity index (χ4v) is 3.74. The first-order valence-corrected chi connectivity index (χ1v) is 8.35. The number of nitrogens with one attached hydrogen (secondary N) is 1. The van der Waals surface area contributed by atoms with Crippen LogP contribution in [0.4, 0.5) is 0 Å². The monoisotopic (exact) mass is 289 g/mol. The zero-order chi connectivity index (χ0) is 15.5. The van der Waals surface area contributed by atoms with Crippen LogP contribution in [0.3, 0.4) is 0 Å². The topological polar surface area (TPSA) is 21.3 Å². The molecule has 21 heavy (non-hydrogen) atoms. The fourth-order valence-electron chi connectivity index (χ4n) is 3.74. The molecule has 0 aliphatic heterocycles. The molecule has 1 aliphatic carbocycles. The summed E-state index contributed by atoms with van der Waals surface area (Å²) in [6.45, 7) is 9.47. The fraction of sp³-hybridized carbons (Fsp3) is 0.684. The van der Waals surface area contributed by atoms with Gasteiger partial charge < -0.3 is 10.1 Å². The molecule has 1 N–H and O–H groups in total. The molecule has 0 aromatic heterocycles. The molecule has 118 valence electrons. The van der Waals surface area contributed by atoms with Gasteiger partial charge in [0.25, 0.3) is 0 Å². The second-order valence-electron chi connectivity index (χ2n) is 7.39. The Kier molecular flexibility index (Phi) is 5.32. The first-order valence-electron chi connectivity index (χ1n) is 8.35. The van der Waals surface area contributed by atoms with E-state index in [9.17, 15) is 0 Å². The predicted molar refractivity (Wildman–Crippen MR) is 89.7 cm³/mol. The number of ether oxygens (including phenoxy) is 1. The van der Waals surface area contributed by atoms with Gasteiger partial charge in [0.05, 0.1) is 7.11 Å². The van der Waals surface area contributed by atoms with E-state index in [1.54, 1.807) is 7.11 Å². The Hall–Kier alpha value is -1.02. The van der Waals surface area contributed by atoms with E-state index in [1.165, 1.54) is 24.8 Å². The highest BCUT2D eigenvalue weighted by atomic mass is 16.5. The molecule has 0 radical (unpaired) electrons. The third kappa shape index (κ3) is 4.23. The van der Waals surface area contributed by atoms with Crippen molar-refractivity contribution in [2.75, 3.05) is 7.11 Å². The molecule has 0 heterocycles. The smallest absolute Gasteiger partial charge is 0.118 e. The molecule has 1 aromatic rings. The van der Waals surface area contributed by atoms with E-state index in [1.807, 2.05) is 0 Å². The standard InChI is InChI=1S/C19H31NO/c1-6-17(15-7-9-16(21-5)10-8-15)20-18-11-12-19(3,4)13-14(18)2/h7-10,14,17-18,20H,6,11-13H2,1-5H3. The van der Waals surface area contributed by atoms with Gasteiger partial charge in [-0.05, 0) is 54.7 Å². The highest BCUT2D eigenvalue weighted by Crippen LogP contribution is 2.39. The minimum atomic E-state index is 0.449. The molecular weight excluding hydrogens is 258 g/mol. The number of hydrogen-bond donors (Lipinski definition) is 1. The quantitative estimate of drug-likeness (QED) is 0.828. The summed E-state index contributed by atoms with van der Waals surface area (Å²) in [4.78, 5) is 0. The van der Waals surface area contributed by atoms with Crippen LogP contribution in [0.2, 0.25) is 0 Å². The summed E-state index contributed by atoms with van der Waals surface area (Å²) in [7, 11) is 1.72. The van der Waals surface area contributed by atoms with Gasteiger partial charge in [0.15, 0.2) is 0 Å². The normalized spacial score (nSPS) is 26.3. The maximum absolute atomic E-state index is 5.25. The van der Waals surface area contributed by atoms with Gasteiger partial charge in [-0.25, -0.2) is 0 Å². The summed E-state index contributed by atoms with van der Waals surface area (Å²) in [6, 6.07) is 9.60. The molecule has 0 amide bonds. The molecule has 2 nitrogen and oxygen atoms in total. The summed E-state index contributed by atoms with van der Waals surface area (Å²) >= 11 is 0. The summed E-state index contributed by atoms with van der Waals surface area (Å²) < 4.78 is 5.25. The number of benzene rings is 1. The van der Waals surface area contributed by atoms with Crippen LogP contribution in [0.15, 0.2) is 24.3 Å². The SMILES string of the molecule is CCC(NC1CCC(C)(C)CC1C)c1ccc(OC)cc1. The minimum absolute atomic E-state index is 0.449. The van der Waals surface area contributed by atoms with E-state index in [0.717, 1.165) is 18.1 Å². The molecule has 3 atom stereocenters. The summed E-state index contributed by atoms with van der Waals surface area (Å²) in [5, 5.41) is 3.91. The first-order chi connectivity index (χ1) is 9.95. The molecule has 1 aliphatic rings. The highest BCUT2D eigenvalue weighted by Gasteiger charge is 2.33. The van der Waals surface area contributed by atoms with Crippen molar-refractivity contribution in [3.63, 3.8) is 0 Å². The Morgan fingerprint density at radius 3 is 2.48 bits per heavy atom. The molecule has 1 saturated carbocycles. The average Bonchev–Trinajstić information content (AvgIpc) is 2.46. The predicted octanol–water partition coefficient (Wildman–Crippen LogP) is 4.95. The molecule has 1 fully saturated rings. The second-order valence-corrected chi connectivity index (χ2v) is 7.39. The lowest BCUT2D eigenvalue weighted by molar-refractivity contribution is 0.140. The molecule has 0 saturated heterocycles. The first kappa shape index (κ1) is 16.4. The maximum atomic E-state index is 5.25. The molecule has 3 unspecified atom stereocenters. The lowest BCUT2D eigenvalue weighted by Gasteiger charge is -2.41. The van der Waals surface area contributed by atoms with Gasteiger partial charge in [-0.15, -0.1) is 0 Å². The molecule has 2 rings (SSSR count). The van der Waals surface area contributed by atoms with Crippen LogP contribution in [0.1, 0.15) is 65.0 Å². The third-order valence-corrected chi connectivity index (χ3v) is 5.04. The van der Waals surface area contributed by atoms with Gasteiger partial charge in [0, 0.05) is 12.1 Å². The van der Waals surface area contributed by atoms with Crippen LogP contribution >= 0.6 is 0 Å². The van der Waals surface area contributed by atoms with Crippen LogP contribution in [0.25, 0.3) is 0 Å². The van der Waals surface area contributed by atoms with E-state index in [4.69, 9.17) is 4.74 Å². The lowest BCUT2D eigenvalue weighted by Crippen LogP contribution is -2.43. The van der Waals surface area contributed by atoms with Crippen molar-refractivity contribution in [3.8, 4) is 5.75 Å². The van der Waals surface area contributed by atoms with Crippen LogP contribution in [0, 0.1) is 11.3 Å². The van der Waals surface area contributed by atoms with Crippen LogP contribution in [-0.2, 0) is 0 Å². The van der Waals surface area contributed by atoms with E-state index >= 15 is 0 Å². The Bertz CT molecular complexity index is 437. The van der Waals surface area contributed by atoms with E-state index < -0.39 is 0 Å². The van der Waals surface area contributed by atoms with E-state index in [-0.39, 0.29) is 0 Å². The van der Waals surface area contributed by atoms with Gasteiger partial charge in [-0.1, -0.05) is 39.8 Å². The molecule has 2 heteroatoms. The van der Waals surface area contributed by atoms with Crippen molar-refractivity contribution < 1.29 is 4.74 Å². The van der Waals surface area contributed by atoms with Crippen molar-refractivity contribution in [1.82, 2.24) is 5.32 Å². The van der Waals surface area contributed by atoms with Gasteiger partial charge in [0.1, 0.15) is 5.75 Å². The van der Waals surface area contributed by atoms with Crippen LogP contribution in [0.5, 0.6) is 5.75 Å². The number of methoxy groups -OCH3 is 1. The largest absolute Gasteiger partial charge is 0.497 e. The number of rotatable bonds is 5. The van der Waals surface area contributed by atoms with E-state index in [2.05, 4.69) is 57.3 Å². The van der Waals surface area contributed by atoms with Gasteiger partial charge >= 0.3 is 0 Å². The zero-order valence-electron chi connectivity index (χ0n) is 14.3. The Morgan fingerprint density at radius 1 is 1.29 bits per heavy atom. The Labute approximate surface area is 130 Å². The highest BCUT2D eigenvalue weighted by molar-refractivity contribution is 5.29. The Morgan fingerprint density at radius 2 is 1.95 bits per heavy atom. The molecule has 0 spiro atoms. The van der Waals surface area contributed by atoms with Crippen LogP contribution in [-0.4, -0.2) is 13.2 Å². The summed E-state index contributed by atoms with van der Waals surface area (Å²) in [5.41, 5.74) is 1.88. The number of hydrogen-bond acceptors (Lipinski definition) is 2. The second kappa shape index (κ2) is 6.83. The van der Waals surface area contributed by atoms with Gasteiger partial charge in [-0.2, -0.15) is 0 Å². The summed E-state index contributed by atoms with van der Waals surface area (Å²) in [5.74, 6) is 1.68. The van der Waals surface area contributed by atoms with Crippen molar-refractivity contribution in [3.05, 3.63) is 29.8 Å². The Balaban J connectivity index is 2.01. The van der Waals surface area contributed by atoms with Crippen molar-refractivity contribution in [1.29, 1.82) is 0 Å². The van der Waals surface area contributed by atoms with Crippen molar-refractivity contribution in [2.24, 2.45) is 11.3 Å². The van der Waals surface area contributed by atoms with Crippen molar-refractivity contribution in [2.45, 2.75) is 65.5 Å². The lowest BCUT2D eigenvalue weighted by atomic mass is 9.70. The van der Waals surface area contributed by atoms with Gasteiger partial charge in [-0.3, -0.25) is 0 Å². The molecule has 0 bridgehead atoms. The maximum Gasteiger partial charge on any atom is 0.118 e. The minimum Gasteiger partial charge on any atom is -0.497 e. The summed E-state index contributed by atoms with van der Waals surface area (Å²) in [6.07, 6.45) is 5.07. The average molecular weight is 289 g/mol. The van der Waals surface area contributed by atoms with E-state index in [0.29, 0.717) is 17.5 Å². The molecular formula is C19H31NO.